The van der Waals surface area contributed by atoms with Gasteiger partial charge in [-0.3, -0.25) is 15.2 Å². The van der Waals surface area contributed by atoms with E-state index in [-0.39, 0.29) is 59.9 Å². The molecule has 1 aliphatic heterocycles. The molecule has 0 radical (unpaired) electrons. The van der Waals surface area contributed by atoms with Crippen LogP contribution in [0.5, 0.6) is 0 Å². The number of ether oxygens (including phenoxy) is 1. The minimum absolute atomic E-state index is 0.0203. The van der Waals surface area contributed by atoms with Crippen molar-refractivity contribution in [2.45, 2.75) is 39.5 Å². The van der Waals surface area contributed by atoms with Crippen LogP contribution < -0.4 is 10.6 Å². The summed E-state index contributed by atoms with van der Waals surface area (Å²) in [6, 6.07) is 8.05. The number of hydrogen-bond donors (Lipinski definition) is 4. The lowest BCUT2D eigenvalue weighted by molar-refractivity contribution is -0.923. The van der Waals surface area contributed by atoms with Gasteiger partial charge in [0.2, 0.25) is 5.96 Å². The number of benzene rings is 2. The number of nitrogens with one attached hydrogen (secondary N) is 1. The molecule has 2 aromatic carbocycles. The van der Waals surface area contributed by atoms with Crippen molar-refractivity contribution in [3.8, 4) is 6.07 Å². The quantitative estimate of drug-likeness (QED) is 0.153. The monoisotopic (exact) mass is 673 g/mol. The van der Waals surface area contributed by atoms with Gasteiger partial charge in [-0.15, -0.1) is 0 Å². The molecule has 1 aliphatic rings. The minimum atomic E-state index is -4.70. The number of anilines is 1. The third-order valence-corrected chi connectivity index (χ3v) is 7.34. The van der Waals surface area contributed by atoms with Gasteiger partial charge in [0.05, 0.1) is 50.1 Å². The number of nitrogens with two attached hydrogens (primary N) is 1. The van der Waals surface area contributed by atoms with Crippen molar-refractivity contribution in [3.63, 3.8) is 0 Å². The fraction of sp³-hybridized carbons (Fsp3) is 0.353. The molecule has 260 valence electrons. The van der Waals surface area contributed by atoms with Gasteiger partial charge in [-0.25, -0.2) is 9.59 Å². The maximum absolute atomic E-state index is 13.5. The highest BCUT2D eigenvalue weighted by atomic mass is 19.4. The highest BCUT2D eigenvalue weighted by molar-refractivity contribution is 6.10. The Morgan fingerprint density at radius 1 is 1.12 bits per heavy atom. The smallest absolute Gasteiger partial charge is 0.416 e. The standard InChI is InChI=1S/C28H31F3N6O5.C4H6.C2H6/c1-17-23(25(40)42-3)24(22-8-7-18(15-32)13-19(22)16-37(2,9-11-38)10-12-39)36(27(34)41)26(33)35(17)21-6-4-5-20(14-21)28(29,30)31;1-3-4-2;1-2/h4-8,13-14,24,33,38-39H,9-12,16H2,1-3H3,(H-,34,41);3-4H,1-2H2;1-2H3/p+1/t24-;;/m1../s1. The zero-order chi connectivity index (χ0) is 36.8. The largest absolute Gasteiger partial charge is 0.466 e. The van der Waals surface area contributed by atoms with Crippen LogP contribution in [0.4, 0.5) is 23.7 Å². The predicted molar refractivity (Wildman–Crippen MR) is 177 cm³/mol. The second-order valence-electron chi connectivity index (χ2n) is 10.5. The fourth-order valence-electron chi connectivity index (χ4n) is 5.11. The average molecular weight is 674 g/mol. The first-order valence-corrected chi connectivity index (χ1v) is 14.9. The minimum Gasteiger partial charge on any atom is -0.466 e. The molecule has 2 aromatic rings. The Balaban J connectivity index is 0.00000178. The fourth-order valence-corrected chi connectivity index (χ4v) is 5.11. The van der Waals surface area contributed by atoms with E-state index in [1.807, 2.05) is 19.9 Å². The van der Waals surface area contributed by atoms with Crippen molar-refractivity contribution in [2.24, 2.45) is 5.73 Å². The summed E-state index contributed by atoms with van der Waals surface area (Å²) in [5.74, 6) is -1.54. The summed E-state index contributed by atoms with van der Waals surface area (Å²) in [5, 5.41) is 37.8. The molecule has 14 heteroatoms. The van der Waals surface area contributed by atoms with E-state index < -0.39 is 35.7 Å². The normalized spacial score (nSPS) is 14.5. The number of halogens is 3. The Bertz CT molecular complexity index is 1540. The van der Waals surface area contributed by atoms with E-state index in [0.29, 0.717) is 11.1 Å². The van der Waals surface area contributed by atoms with Crippen LogP contribution in [0, 0.1) is 16.7 Å². The number of rotatable bonds is 10. The summed E-state index contributed by atoms with van der Waals surface area (Å²) in [5.41, 5.74) is 5.43. The van der Waals surface area contributed by atoms with E-state index in [2.05, 4.69) is 13.2 Å². The summed E-state index contributed by atoms with van der Waals surface area (Å²) in [6.45, 7) is 12.3. The SMILES string of the molecule is C=CC=C.CC.COC(=O)C1=C(C)N(c2cccc(C(F)(F)F)c2)C(=N)N(C(N)=O)[C@@H]1c1ccc(C#N)cc1C[N+](C)(CCO)CCO. The van der Waals surface area contributed by atoms with Gasteiger partial charge in [-0.05, 0) is 42.8 Å². The summed E-state index contributed by atoms with van der Waals surface area (Å²) in [7, 11) is 2.86. The van der Waals surface area contributed by atoms with Crippen LogP contribution in [0.15, 0.2) is 79.0 Å². The van der Waals surface area contributed by atoms with Gasteiger partial charge < -0.3 is 25.2 Å². The molecule has 0 bridgehead atoms. The third kappa shape index (κ3) is 9.77. The molecular weight excluding hydrogens is 629 g/mol. The molecule has 48 heavy (non-hydrogen) atoms. The molecule has 0 saturated heterocycles. The van der Waals surface area contributed by atoms with Crippen LogP contribution in [0.25, 0.3) is 0 Å². The molecule has 0 aromatic heterocycles. The van der Waals surface area contributed by atoms with Crippen molar-refractivity contribution >= 4 is 23.6 Å². The summed E-state index contributed by atoms with van der Waals surface area (Å²) < 4.78 is 45.7. The van der Waals surface area contributed by atoms with E-state index in [1.165, 1.54) is 31.2 Å². The second kappa shape index (κ2) is 18.4. The van der Waals surface area contributed by atoms with Gasteiger partial charge >= 0.3 is 18.2 Å². The lowest BCUT2D eigenvalue weighted by Crippen LogP contribution is -2.55. The summed E-state index contributed by atoms with van der Waals surface area (Å²) >= 11 is 0. The molecule has 0 spiro atoms. The number of allylic oxidation sites excluding steroid dienone is 3. The van der Waals surface area contributed by atoms with Gasteiger partial charge in [0.15, 0.2) is 0 Å². The van der Waals surface area contributed by atoms with Crippen LogP contribution in [0.2, 0.25) is 0 Å². The van der Waals surface area contributed by atoms with Crippen molar-refractivity contribution in [3.05, 3.63) is 101 Å². The number of nitriles is 1. The molecule has 5 N–H and O–H groups in total. The molecule has 1 heterocycles. The number of hydrogen-bond acceptors (Lipinski definition) is 7. The number of esters is 1. The van der Waals surface area contributed by atoms with E-state index >= 15 is 0 Å². The number of carbonyl (C=O) groups excluding carboxylic acids is 2. The van der Waals surface area contributed by atoms with E-state index in [1.54, 1.807) is 19.2 Å². The first kappa shape index (κ1) is 41.1. The van der Waals surface area contributed by atoms with Gasteiger partial charge in [0.25, 0.3) is 0 Å². The third-order valence-electron chi connectivity index (χ3n) is 7.34. The first-order valence-electron chi connectivity index (χ1n) is 14.9. The van der Waals surface area contributed by atoms with Crippen LogP contribution in [0.1, 0.15) is 49.1 Å². The number of quaternary nitrogens is 1. The maximum atomic E-state index is 13.5. The summed E-state index contributed by atoms with van der Waals surface area (Å²) in [6.07, 6.45) is -1.42. The van der Waals surface area contributed by atoms with E-state index in [4.69, 9.17) is 15.9 Å². The van der Waals surface area contributed by atoms with Gasteiger partial charge in [-0.2, -0.15) is 18.4 Å². The number of alkyl halides is 3. The Kier molecular flexibility index (Phi) is 15.7. The number of guanidine groups is 1. The molecule has 2 amide bonds. The highest BCUT2D eigenvalue weighted by Crippen LogP contribution is 2.42. The molecule has 0 aliphatic carbocycles. The van der Waals surface area contributed by atoms with Crippen LogP contribution in [-0.4, -0.2) is 78.0 Å². The number of carbonyl (C=O) groups is 2. The topological polar surface area (TPSA) is 164 Å². The summed E-state index contributed by atoms with van der Waals surface area (Å²) in [4.78, 5) is 28.0. The molecule has 0 unspecified atom stereocenters. The van der Waals surface area contributed by atoms with Crippen LogP contribution in [0.3, 0.4) is 0 Å². The van der Waals surface area contributed by atoms with Gasteiger partial charge in [-0.1, -0.05) is 51.3 Å². The van der Waals surface area contributed by atoms with E-state index in [0.717, 1.165) is 35.1 Å². The molecular formula is C34H44F3N6O5+. The van der Waals surface area contributed by atoms with Crippen molar-refractivity contribution < 1.29 is 42.2 Å². The maximum Gasteiger partial charge on any atom is 0.416 e. The van der Waals surface area contributed by atoms with Gasteiger partial charge in [0.1, 0.15) is 25.7 Å². The van der Waals surface area contributed by atoms with Crippen molar-refractivity contribution in [1.29, 1.82) is 10.7 Å². The Hall–Kier alpha value is -4.97. The molecule has 1 atom stereocenters. The highest BCUT2D eigenvalue weighted by Gasteiger charge is 2.45. The lowest BCUT2D eigenvalue weighted by Gasteiger charge is -2.43. The number of aliphatic hydroxyl groups is 2. The number of primary amides is 1. The average Bonchev–Trinajstić information content (AvgIpc) is 3.05. The number of likely N-dealkylation sites (N-methyl/N-ethyl adjacent to an activating group) is 1. The van der Waals surface area contributed by atoms with Crippen LogP contribution >= 0.6 is 0 Å². The first-order chi connectivity index (χ1) is 22.6. The van der Waals surface area contributed by atoms with Crippen molar-refractivity contribution in [1.82, 2.24) is 4.90 Å². The van der Waals surface area contributed by atoms with E-state index in [9.17, 15) is 38.2 Å². The molecule has 0 saturated carbocycles. The molecule has 3 rings (SSSR count). The number of amides is 2. The number of nitrogens with zero attached hydrogens (tertiary/aromatic N) is 4. The zero-order valence-electron chi connectivity index (χ0n) is 27.8. The molecule has 11 nitrogen and oxygen atoms in total. The zero-order valence-corrected chi connectivity index (χ0v) is 27.8. The lowest BCUT2D eigenvalue weighted by atomic mass is 9.88. The Morgan fingerprint density at radius 3 is 2.17 bits per heavy atom. The Morgan fingerprint density at radius 2 is 1.71 bits per heavy atom. The predicted octanol–water partition coefficient (Wildman–Crippen LogP) is 5.22. The number of urea groups is 1. The molecule has 0 fully saturated rings. The van der Waals surface area contributed by atoms with Crippen LogP contribution in [-0.2, 0) is 22.3 Å². The van der Waals surface area contributed by atoms with Crippen molar-refractivity contribution in [2.75, 3.05) is 45.4 Å². The van der Waals surface area contributed by atoms with Gasteiger partial charge in [0, 0.05) is 16.9 Å². The second-order valence-corrected chi connectivity index (χ2v) is 10.5. The number of methoxy groups -OCH3 is 1. The number of aliphatic hydroxyl groups excluding tert-OH is 2. The Labute approximate surface area is 279 Å².